The summed E-state index contributed by atoms with van der Waals surface area (Å²) in [5.74, 6) is -0.569. The van der Waals surface area contributed by atoms with E-state index in [1.807, 2.05) is 18.2 Å². The first-order chi connectivity index (χ1) is 13.5. The molecule has 1 amide bonds. The van der Waals surface area contributed by atoms with Gasteiger partial charge in [-0.2, -0.15) is 0 Å². The van der Waals surface area contributed by atoms with Gasteiger partial charge in [-0.15, -0.1) is 11.3 Å². The molecule has 1 heterocycles. The van der Waals surface area contributed by atoms with Crippen LogP contribution >= 0.6 is 22.9 Å². The second-order valence-electron chi connectivity index (χ2n) is 7.07. The van der Waals surface area contributed by atoms with Crippen molar-refractivity contribution in [2.45, 2.75) is 25.3 Å². The fourth-order valence-corrected chi connectivity index (χ4v) is 5.06. The molecule has 0 N–H and O–H groups in total. The number of thiazole rings is 1. The maximum atomic E-state index is 14.1. The van der Waals surface area contributed by atoms with E-state index in [-0.39, 0.29) is 24.3 Å². The number of amides is 1. The van der Waals surface area contributed by atoms with Crippen molar-refractivity contribution in [2.75, 3.05) is 7.05 Å². The van der Waals surface area contributed by atoms with E-state index in [0.717, 1.165) is 21.6 Å². The highest BCUT2D eigenvalue weighted by atomic mass is 35.5. The average molecular weight is 415 g/mol. The lowest BCUT2D eigenvalue weighted by Gasteiger charge is -2.30. The number of carbonyl (C=O) groups is 1. The molecular formula is C22H20ClFN2OS. The molecule has 0 spiro atoms. The Labute approximate surface area is 172 Å². The van der Waals surface area contributed by atoms with Crippen LogP contribution in [0.2, 0.25) is 5.02 Å². The van der Waals surface area contributed by atoms with Gasteiger partial charge in [0.05, 0.1) is 21.1 Å². The van der Waals surface area contributed by atoms with Gasteiger partial charge < -0.3 is 4.90 Å². The summed E-state index contributed by atoms with van der Waals surface area (Å²) >= 11 is 7.79. The molecule has 0 saturated heterocycles. The Balaban J connectivity index is 1.58. The predicted molar refractivity (Wildman–Crippen MR) is 112 cm³/mol. The van der Waals surface area contributed by atoms with Gasteiger partial charge in [0, 0.05) is 30.1 Å². The topological polar surface area (TPSA) is 33.2 Å². The number of fused-ring (bicyclic) bond motifs is 1. The number of hydrogen-bond donors (Lipinski definition) is 0. The van der Waals surface area contributed by atoms with E-state index < -0.39 is 5.82 Å². The first kappa shape index (κ1) is 19.1. The van der Waals surface area contributed by atoms with Gasteiger partial charge in [-0.1, -0.05) is 42.0 Å². The Morgan fingerprint density at radius 3 is 2.79 bits per heavy atom. The zero-order valence-corrected chi connectivity index (χ0v) is 17.0. The number of para-hydroxylation sites is 1. The lowest BCUT2D eigenvalue weighted by molar-refractivity contribution is -0.135. The summed E-state index contributed by atoms with van der Waals surface area (Å²) in [6, 6.07) is 12.6. The van der Waals surface area contributed by atoms with Crippen LogP contribution in [0.15, 0.2) is 54.6 Å². The van der Waals surface area contributed by atoms with Crippen molar-refractivity contribution in [3.8, 4) is 0 Å². The quantitative estimate of drug-likeness (QED) is 0.505. The fraction of sp³-hybridized carbons (Fsp3) is 0.273. The van der Waals surface area contributed by atoms with E-state index in [0.29, 0.717) is 17.0 Å². The van der Waals surface area contributed by atoms with Crippen molar-refractivity contribution in [3.63, 3.8) is 0 Å². The molecule has 1 aliphatic carbocycles. The molecule has 0 bridgehead atoms. The second kappa shape index (κ2) is 8.02. The van der Waals surface area contributed by atoms with Crippen molar-refractivity contribution < 1.29 is 9.18 Å². The van der Waals surface area contributed by atoms with Crippen molar-refractivity contribution in [1.82, 2.24) is 9.88 Å². The van der Waals surface area contributed by atoms with E-state index in [4.69, 9.17) is 16.6 Å². The highest BCUT2D eigenvalue weighted by molar-refractivity contribution is 7.18. The summed E-state index contributed by atoms with van der Waals surface area (Å²) in [7, 11) is 1.71. The zero-order valence-electron chi connectivity index (χ0n) is 15.4. The van der Waals surface area contributed by atoms with Crippen LogP contribution < -0.4 is 0 Å². The Kier molecular flexibility index (Phi) is 5.47. The summed E-state index contributed by atoms with van der Waals surface area (Å²) < 4.78 is 15.3. The third-order valence-corrected chi connectivity index (χ3v) is 6.73. The first-order valence-electron chi connectivity index (χ1n) is 9.23. The minimum Gasteiger partial charge on any atom is -0.341 e. The van der Waals surface area contributed by atoms with Gasteiger partial charge in [0.15, 0.2) is 0 Å². The molecule has 0 fully saturated rings. The number of aromatic nitrogens is 1. The van der Waals surface area contributed by atoms with Crippen LogP contribution in [-0.4, -0.2) is 22.8 Å². The second-order valence-corrected chi connectivity index (χ2v) is 8.54. The Hall–Kier alpha value is -2.24. The smallest absolute Gasteiger partial charge is 0.226 e. The summed E-state index contributed by atoms with van der Waals surface area (Å²) in [6.45, 7) is 0.150. The summed E-state index contributed by atoms with van der Waals surface area (Å²) in [5.41, 5.74) is 1.32. The van der Waals surface area contributed by atoms with E-state index in [1.165, 1.54) is 6.07 Å². The van der Waals surface area contributed by atoms with Gasteiger partial charge in [0.25, 0.3) is 0 Å². The highest BCUT2D eigenvalue weighted by Gasteiger charge is 2.34. The standard InChI is InChI=1S/C22H20ClFN2OS/c1-26(13-16-17(23)9-6-10-18(16)24)22(27)15-8-3-2-7-14(15)21-25-19-11-4-5-12-20(19)28-21/h2-6,9-12,14-15H,7-8,13H2,1H3. The number of nitrogens with zero attached hydrogens (tertiary/aromatic N) is 2. The van der Waals surface area contributed by atoms with Crippen molar-refractivity contribution in [3.05, 3.63) is 76.0 Å². The Morgan fingerprint density at radius 1 is 1.21 bits per heavy atom. The number of halogens is 2. The van der Waals surface area contributed by atoms with Gasteiger partial charge in [-0.3, -0.25) is 4.79 Å². The van der Waals surface area contributed by atoms with E-state index in [1.54, 1.807) is 35.4 Å². The number of carbonyl (C=O) groups excluding carboxylic acids is 1. The van der Waals surface area contributed by atoms with Gasteiger partial charge in [0.2, 0.25) is 5.91 Å². The molecule has 2 atom stereocenters. The zero-order chi connectivity index (χ0) is 19.7. The molecule has 6 heteroatoms. The first-order valence-corrected chi connectivity index (χ1v) is 10.4. The van der Waals surface area contributed by atoms with Gasteiger partial charge in [-0.05, 0) is 37.1 Å². The SMILES string of the molecule is CN(Cc1c(F)cccc1Cl)C(=O)C1CC=CCC1c1nc2ccccc2s1. The van der Waals surface area contributed by atoms with Crippen LogP contribution in [0, 0.1) is 11.7 Å². The lowest BCUT2D eigenvalue weighted by Crippen LogP contribution is -2.36. The minimum absolute atomic E-state index is 0.00655. The predicted octanol–water partition coefficient (Wildman–Crippen LogP) is 5.80. The lowest BCUT2D eigenvalue weighted by atomic mass is 9.82. The maximum Gasteiger partial charge on any atom is 0.226 e. The van der Waals surface area contributed by atoms with Gasteiger partial charge >= 0.3 is 0 Å². The molecule has 28 heavy (non-hydrogen) atoms. The highest BCUT2D eigenvalue weighted by Crippen LogP contribution is 2.39. The molecule has 0 aliphatic heterocycles. The third-order valence-electron chi connectivity index (χ3n) is 5.21. The Bertz CT molecular complexity index is 995. The van der Waals surface area contributed by atoms with Crippen LogP contribution in [0.1, 0.15) is 29.3 Å². The number of allylic oxidation sites excluding steroid dienone is 2. The number of hydrogen-bond acceptors (Lipinski definition) is 3. The normalized spacial score (nSPS) is 19.1. The van der Waals surface area contributed by atoms with E-state index in [9.17, 15) is 9.18 Å². The third kappa shape index (κ3) is 3.69. The molecule has 1 aromatic heterocycles. The maximum absolute atomic E-state index is 14.1. The van der Waals surface area contributed by atoms with Crippen LogP contribution in [0.25, 0.3) is 10.2 Å². The van der Waals surface area contributed by atoms with Crippen molar-refractivity contribution >= 4 is 39.1 Å². The number of benzene rings is 2. The molecule has 4 rings (SSSR count). The average Bonchev–Trinajstić information content (AvgIpc) is 3.14. The van der Waals surface area contributed by atoms with Gasteiger partial charge in [-0.25, -0.2) is 9.37 Å². The fourth-order valence-electron chi connectivity index (χ4n) is 3.69. The molecule has 3 nitrogen and oxygen atoms in total. The van der Waals surface area contributed by atoms with E-state index >= 15 is 0 Å². The van der Waals surface area contributed by atoms with Crippen LogP contribution in [0.4, 0.5) is 4.39 Å². The van der Waals surface area contributed by atoms with Crippen LogP contribution in [-0.2, 0) is 11.3 Å². The molecule has 0 radical (unpaired) electrons. The molecule has 2 unspecified atom stereocenters. The number of rotatable bonds is 4. The van der Waals surface area contributed by atoms with E-state index in [2.05, 4.69) is 18.2 Å². The molecule has 3 aromatic rings. The largest absolute Gasteiger partial charge is 0.341 e. The summed E-state index contributed by atoms with van der Waals surface area (Å²) in [5, 5.41) is 1.33. The monoisotopic (exact) mass is 414 g/mol. The van der Waals surface area contributed by atoms with Crippen molar-refractivity contribution in [1.29, 1.82) is 0 Å². The van der Waals surface area contributed by atoms with Crippen molar-refractivity contribution in [2.24, 2.45) is 5.92 Å². The van der Waals surface area contributed by atoms with Crippen LogP contribution in [0.3, 0.4) is 0 Å². The van der Waals surface area contributed by atoms with Crippen LogP contribution in [0.5, 0.6) is 0 Å². The molecule has 144 valence electrons. The summed E-state index contributed by atoms with van der Waals surface area (Å²) in [4.78, 5) is 19.6. The summed E-state index contributed by atoms with van der Waals surface area (Å²) in [6.07, 6.45) is 5.61. The molecular weight excluding hydrogens is 395 g/mol. The van der Waals surface area contributed by atoms with Gasteiger partial charge in [0.1, 0.15) is 5.82 Å². The molecule has 2 aromatic carbocycles. The molecule has 0 saturated carbocycles. The minimum atomic E-state index is -0.390. The molecule has 1 aliphatic rings. The Morgan fingerprint density at radius 2 is 2.00 bits per heavy atom.